The van der Waals surface area contributed by atoms with Crippen molar-refractivity contribution in [3.05, 3.63) is 0 Å². The van der Waals surface area contributed by atoms with Crippen LogP contribution in [0.25, 0.3) is 0 Å². The smallest absolute Gasteiger partial charge is 0.222 e. The number of nitrogens with zero attached hydrogens (tertiary/aromatic N) is 1. The van der Waals surface area contributed by atoms with Crippen LogP contribution < -0.4 is 10.6 Å². The van der Waals surface area contributed by atoms with Crippen molar-refractivity contribution in [3.63, 3.8) is 0 Å². The highest BCUT2D eigenvalue weighted by Gasteiger charge is 2.46. The SMILES string of the molecule is CCC(=O)NC1(C2CCN(C(=O)C[C@@H]3CNC(=O)C3)CC2)CCC1. The summed E-state index contributed by atoms with van der Waals surface area (Å²) in [7, 11) is 0. The first-order chi connectivity index (χ1) is 11.5. The monoisotopic (exact) mass is 335 g/mol. The Balaban J connectivity index is 1.49. The molecule has 0 aromatic rings. The second-order valence-electron chi connectivity index (χ2n) is 7.64. The Labute approximate surface area is 143 Å². The Morgan fingerprint density at radius 2 is 2.00 bits per heavy atom. The van der Waals surface area contributed by atoms with E-state index in [0.717, 1.165) is 38.8 Å². The van der Waals surface area contributed by atoms with Crippen LogP contribution in [-0.2, 0) is 14.4 Å². The fraction of sp³-hybridized carbons (Fsp3) is 0.833. The minimum absolute atomic E-state index is 0.00990. The molecule has 0 aromatic heterocycles. The zero-order valence-electron chi connectivity index (χ0n) is 14.6. The molecule has 2 aliphatic heterocycles. The summed E-state index contributed by atoms with van der Waals surface area (Å²) in [5.74, 6) is 1.02. The molecule has 3 amide bonds. The quantitative estimate of drug-likeness (QED) is 0.792. The van der Waals surface area contributed by atoms with Gasteiger partial charge in [-0.3, -0.25) is 14.4 Å². The molecule has 1 atom stereocenters. The number of nitrogens with one attached hydrogen (secondary N) is 2. The maximum absolute atomic E-state index is 12.4. The summed E-state index contributed by atoms with van der Waals surface area (Å²) >= 11 is 0. The Morgan fingerprint density at radius 3 is 2.50 bits per heavy atom. The van der Waals surface area contributed by atoms with Crippen molar-refractivity contribution in [2.45, 2.75) is 63.8 Å². The summed E-state index contributed by atoms with van der Waals surface area (Å²) < 4.78 is 0. The van der Waals surface area contributed by atoms with Gasteiger partial charge in [0.2, 0.25) is 17.7 Å². The topological polar surface area (TPSA) is 78.5 Å². The van der Waals surface area contributed by atoms with E-state index in [0.29, 0.717) is 31.7 Å². The molecule has 3 aliphatic rings. The summed E-state index contributed by atoms with van der Waals surface area (Å²) in [6.07, 6.45) is 6.77. The van der Waals surface area contributed by atoms with Gasteiger partial charge in [0.15, 0.2) is 0 Å². The Bertz CT molecular complexity index is 508. The summed E-state index contributed by atoms with van der Waals surface area (Å²) in [5, 5.41) is 6.06. The molecular formula is C18H29N3O3. The second kappa shape index (κ2) is 7.11. The standard InChI is InChI=1S/C18H29N3O3/c1-2-15(22)20-18(6-3-7-18)14-4-8-21(9-5-14)17(24)11-13-10-16(23)19-12-13/h13-14H,2-12H2,1H3,(H,19,23)(H,20,22)/t13-/m1/s1. The van der Waals surface area contributed by atoms with Gasteiger partial charge in [-0.1, -0.05) is 6.92 Å². The summed E-state index contributed by atoms with van der Waals surface area (Å²) in [5.41, 5.74) is -0.00990. The van der Waals surface area contributed by atoms with Gasteiger partial charge < -0.3 is 15.5 Å². The molecule has 1 saturated carbocycles. The van der Waals surface area contributed by atoms with Crippen molar-refractivity contribution in [2.24, 2.45) is 11.8 Å². The molecule has 134 valence electrons. The molecule has 2 saturated heterocycles. The molecular weight excluding hydrogens is 306 g/mol. The van der Waals surface area contributed by atoms with Gasteiger partial charge >= 0.3 is 0 Å². The lowest BCUT2D eigenvalue weighted by atomic mass is 9.65. The predicted octanol–water partition coefficient (Wildman–Crippen LogP) is 1.20. The maximum Gasteiger partial charge on any atom is 0.222 e. The molecule has 3 rings (SSSR count). The van der Waals surface area contributed by atoms with Gasteiger partial charge in [-0.2, -0.15) is 0 Å². The zero-order valence-corrected chi connectivity index (χ0v) is 14.6. The lowest BCUT2D eigenvalue weighted by molar-refractivity contribution is -0.135. The first-order valence-corrected chi connectivity index (χ1v) is 9.38. The molecule has 0 unspecified atom stereocenters. The molecule has 6 nitrogen and oxygen atoms in total. The van der Waals surface area contributed by atoms with Crippen LogP contribution in [0, 0.1) is 11.8 Å². The van der Waals surface area contributed by atoms with Gasteiger partial charge in [0, 0.05) is 44.4 Å². The van der Waals surface area contributed by atoms with E-state index in [-0.39, 0.29) is 29.2 Å². The highest BCUT2D eigenvalue weighted by Crippen LogP contribution is 2.43. The van der Waals surface area contributed by atoms with E-state index < -0.39 is 0 Å². The van der Waals surface area contributed by atoms with Crippen LogP contribution in [0.15, 0.2) is 0 Å². The Morgan fingerprint density at radius 1 is 1.29 bits per heavy atom. The molecule has 2 N–H and O–H groups in total. The predicted molar refractivity (Wildman–Crippen MR) is 90.1 cm³/mol. The fourth-order valence-electron chi connectivity index (χ4n) is 4.43. The third-order valence-electron chi connectivity index (χ3n) is 6.11. The lowest BCUT2D eigenvalue weighted by Gasteiger charge is -2.51. The highest BCUT2D eigenvalue weighted by molar-refractivity contribution is 5.81. The van der Waals surface area contributed by atoms with Crippen molar-refractivity contribution >= 4 is 17.7 Å². The molecule has 6 heteroatoms. The number of rotatable bonds is 5. The van der Waals surface area contributed by atoms with Crippen LogP contribution in [0.4, 0.5) is 0 Å². The van der Waals surface area contributed by atoms with E-state index in [1.807, 2.05) is 11.8 Å². The third-order valence-corrected chi connectivity index (χ3v) is 6.11. The van der Waals surface area contributed by atoms with Crippen LogP contribution in [-0.4, -0.2) is 47.8 Å². The van der Waals surface area contributed by atoms with Gasteiger partial charge in [0.25, 0.3) is 0 Å². The van der Waals surface area contributed by atoms with Crippen LogP contribution in [0.5, 0.6) is 0 Å². The molecule has 2 heterocycles. The van der Waals surface area contributed by atoms with Gasteiger partial charge in [-0.15, -0.1) is 0 Å². The molecule has 0 radical (unpaired) electrons. The number of amides is 3. The minimum Gasteiger partial charge on any atom is -0.356 e. The van der Waals surface area contributed by atoms with Gasteiger partial charge in [0.1, 0.15) is 0 Å². The Hall–Kier alpha value is -1.59. The summed E-state index contributed by atoms with van der Waals surface area (Å²) in [6, 6.07) is 0. The van der Waals surface area contributed by atoms with Gasteiger partial charge in [-0.25, -0.2) is 0 Å². The van der Waals surface area contributed by atoms with E-state index in [4.69, 9.17) is 0 Å². The average Bonchev–Trinajstić information content (AvgIpc) is 2.95. The van der Waals surface area contributed by atoms with E-state index in [1.54, 1.807) is 0 Å². The molecule has 0 bridgehead atoms. The second-order valence-corrected chi connectivity index (χ2v) is 7.64. The number of hydrogen-bond donors (Lipinski definition) is 2. The summed E-state index contributed by atoms with van der Waals surface area (Å²) in [6.45, 7) is 4.08. The van der Waals surface area contributed by atoms with Crippen LogP contribution >= 0.6 is 0 Å². The average molecular weight is 335 g/mol. The minimum atomic E-state index is -0.00990. The third kappa shape index (κ3) is 3.57. The molecule has 0 spiro atoms. The number of hydrogen-bond acceptors (Lipinski definition) is 3. The largest absolute Gasteiger partial charge is 0.356 e. The van der Waals surface area contributed by atoms with Crippen molar-refractivity contribution < 1.29 is 14.4 Å². The van der Waals surface area contributed by atoms with Crippen LogP contribution in [0.3, 0.4) is 0 Å². The van der Waals surface area contributed by atoms with E-state index >= 15 is 0 Å². The fourth-order valence-corrected chi connectivity index (χ4v) is 4.43. The molecule has 1 aliphatic carbocycles. The van der Waals surface area contributed by atoms with Crippen molar-refractivity contribution in [1.82, 2.24) is 15.5 Å². The van der Waals surface area contributed by atoms with E-state index in [1.165, 1.54) is 6.42 Å². The zero-order chi connectivity index (χ0) is 17.2. The molecule has 24 heavy (non-hydrogen) atoms. The van der Waals surface area contributed by atoms with E-state index in [2.05, 4.69) is 10.6 Å². The number of piperidine rings is 1. The Kier molecular flexibility index (Phi) is 5.11. The number of likely N-dealkylation sites (tertiary alicyclic amines) is 1. The van der Waals surface area contributed by atoms with Gasteiger partial charge in [0.05, 0.1) is 0 Å². The number of carbonyl (C=O) groups excluding carboxylic acids is 3. The highest BCUT2D eigenvalue weighted by atomic mass is 16.2. The maximum atomic E-state index is 12.4. The van der Waals surface area contributed by atoms with Crippen molar-refractivity contribution in [2.75, 3.05) is 19.6 Å². The van der Waals surface area contributed by atoms with Crippen molar-refractivity contribution in [3.8, 4) is 0 Å². The van der Waals surface area contributed by atoms with Gasteiger partial charge in [-0.05, 0) is 43.9 Å². The van der Waals surface area contributed by atoms with Crippen LogP contribution in [0.2, 0.25) is 0 Å². The van der Waals surface area contributed by atoms with E-state index in [9.17, 15) is 14.4 Å². The van der Waals surface area contributed by atoms with Crippen LogP contribution in [0.1, 0.15) is 58.3 Å². The van der Waals surface area contributed by atoms with Crippen molar-refractivity contribution in [1.29, 1.82) is 0 Å². The molecule has 0 aromatic carbocycles. The summed E-state index contributed by atoms with van der Waals surface area (Å²) in [4.78, 5) is 37.5. The number of carbonyl (C=O) groups is 3. The normalized spacial score (nSPS) is 26.6. The first kappa shape index (κ1) is 17.2. The molecule has 3 fully saturated rings. The lowest BCUT2D eigenvalue weighted by Crippen LogP contribution is -2.60. The first-order valence-electron chi connectivity index (χ1n) is 9.38.